The molecule has 1 atom stereocenters. The third-order valence-electron chi connectivity index (χ3n) is 4.44. The molecule has 3 aromatic rings. The predicted molar refractivity (Wildman–Crippen MR) is 90.7 cm³/mol. The van der Waals surface area contributed by atoms with Crippen molar-refractivity contribution in [2.45, 2.75) is 13.3 Å². The summed E-state index contributed by atoms with van der Waals surface area (Å²) < 4.78 is 11.2. The number of rotatable bonds is 2. The van der Waals surface area contributed by atoms with Crippen molar-refractivity contribution in [1.82, 2.24) is 0 Å². The van der Waals surface area contributed by atoms with Gasteiger partial charge in [-0.3, -0.25) is 4.79 Å². The lowest BCUT2D eigenvalue weighted by Gasteiger charge is -2.24. The van der Waals surface area contributed by atoms with Gasteiger partial charge in [0.2, 0.25) is 0 Å². The van der Waals surface area contributed by atoms with Gasteiger partial charge in [-0.2, -0.15) is 0 Å². The Morgan fingerprint density at radius 2 is 1.83 bits per heavy atom. The molecule has 2 aromatic carbocycles. The fraction of sp³-hybridized carbons (Fsp3) is 0.200. The number of aryl methyl sites for hydroxylation is 1. The largest absolute Gasteiger partial charge is 0.491 e. The van der Waals surface area contributed by atoms with Crippen LogP contribution in [0.25, 0.3) is 11.0 Å². The van der Waals surface area contributed by atoms with Crippen molar-refractivity contribution in [3.05, 3.63) is 75.6 Å². The summed E-state index contributed by atoms with van der Waals surface area (Å²) in [5, 5.41) is 0.772. The van der Waals surface area contributed by atoms with Crippen molar-refractivity contribution in [1.29, 1.82) is 0 Å². The van der Waals surface area contributed by atoms with E-state index in [4.69, 9.17) is 9.15 Å². The van der Waals surface area contributed by atoms with Crippen LogP contribution < -0.4 is 10.4 Å². The molecule has 0 saturated carbocycles. The third-order valence-corrected chi connectivity index (χ3v) is 4.44. The fourth-order valence-corrected chi connectivity index (χ4v) is 3.11. The van der Waals surface area contributed by atoms with Gasteiger partial charge < -0.3 is 9.15 Å². The van der Waals surface area contributed by atoms with Gasteiger partial charge in [0.25, 0.3) is 0 Å². The number of carbonyl (C=O) groups excluding carboxylic acids is 1. The number of hydrogen-bond acceptors (Lipinski definition) is 4. The number of fused-ring (bicyclic) bond motifs is 3. The Morgan fingerprint density at radius 3 is 2.62 bits per heavy atom. The normalized spacial score (nSPS) is 16.5. The molecule has 0 amide bonds. The van der Waals surface area contributed by atoms with Gasteiger partial charge in [0, 0.05) is 5.56 Å². The van der Waals surface area contributed by atoms with Crippen LogP contribution in [0.3, 0.4) is 0 Å². The first kappa shape index (κ1) is 14.7. The van der Waals surface area contributed by atoms with Crippen LogP contribution in [0.4, 0.5) is 0 Å². The van der Waals surface area contributed by atoms with Gasteiger partial charge in [0.05, 0.1) is 23.5 Å². The minimum Gasteiger partial charge on any atom is -0.491 e. The van der Waals surface area contributed by atoms with Crippen molar-refractivity contribution in [3.8, 4) is 5.75 Å². The first-order chi connectivity index (χ1) is 11.6. The van der Waals surface area contributed by atoms with E-state index >= 15 is 0 Å². The van der Waals surface area contributed by atoms with Gasteiger partial charge >= 0.3 is 5.63 Å². The van der Waals surface area contributed by atoms with E-state index in [2.05, 4.69) is 0 Å². The van der Waals surface area contributed by atoms with Gasteiger partial charge in [-0.05, 0) is 25.5 Å². The molecule has 1 unspecified atom stereocenters. The number of benzene rings is 2. The van der Waals surface area contributed by atoms with Gasteiger partial charge in [0.1, 0.15) is 11.3 Å². The first-order valence-electron chi connectivity index (χ1n) is 7.92. The molecule has 0 aliphatic carbocycles. The molecule has 1 aromatic heterocycles. The van der Waals surface area contributed by atoms with E-state index in [-0.39, 0.29) is 18.3 Å². The zero-order valence-corrected chi connectivity index (χ0v) is 13.2. The van der Waals surface area contributed by atoms with Crippen LogP contribution in [0.1, 0.15) is 21.5 Å². The van der Waals surface area contributed by atoms with Crippen molar-refractivity contribution >= 4 is 16.8 Å². The summed E-state index contributed by atoms with van der Waals surface area (Å²) in [6.07, 6.45) is 0.342. The van der Waals surface area contributed by atoms with E-state index in [1.54, 1.807) is 6.07 Å². The first-order valence-corrected chi connectivity index (χ1v) is 7.92. The van der Waals surface area contributed by atoms with E-state index in [1.165, 1.54) is 0 Å². The van der Waals surface area contributed by atoms with Crippen molar-refractivity contribution in [3.63, 3.8) is 0 Å². The lowest BCUT2D eigenvalue weighted by Crippen LogP contribution is -2.31. The smallest absolute Gasteiger partial charge is 0.343 e. The molecule has 0 radical (unpaired) electrons. The van der Waals surface area contributed by atoms with Gasteiger partial charge in [0.15, 0.2) is 5.78 Å². The maximum atomic E-state index is 12.7. The highest BCUT2D eigenvalue weighted by Gasteiger charge is 2.30. The number of ether oxygens (including phenoxy) is 1. The molecule has 120 valence electrons. The molecule has 0 spiro atoms. The van der Waals surface area contributed by atoms with Crippen molar-refractivity contribution in [2.24, 2.45) is 5.92 Å². The SMILES string of the molecule is Cc1ccc(C(=O)C2COc3c(c(=O)oc4ccccc34)C2)cc1. The van der Waals surface area contributed by atoms with E-state index < -0.39 is 5.63 Å². The minimum atomic E-state index is -0.426. The van der Waals surface area contributed by atoms with Crippen molar-refractivity contribution < 1.29 is 13.9 Å². The summed E-state index contributed by atoms with van der Waals surface area (Å²) in [7, 11) is 0. The zero-order chi connectivity index (χ0) is 16.7. The summed E-state index contributed by atoms with van der Waals surface area (Å²) in [5.74, 6) is 0.173. The maximum absolute atomic E-state index is 12.7. The molecule has 0 saturated heterocycles. The van der Waals surface area contributed by atoms with E-state index in [0.29, 0.717) is 28.9 Å². The highest BCUT2D eigenvalue weighted by molar-refractivity contribution is 5.98. The average molecular weight is 320 g/mol. The Labute approximate surface area is 138 Å². The molecule has 2 heterocycles. The van der Waals surface area contributed by atoms with Crippen LogP contribution in [-0.4, -0.2) is 12.4 Å². The van der Waals surface area contributed by atoms with Crippen LogP contribution >= 0.6 is 0 Å². The van der Waals surface area contributed by atoms with Crippen molar-refractivity contribution in [2.75, 3.05) is 6.61 Å². The minimum absolute atomic E-state index is 0.00629. The fourth-order valence-electron chi connectivity index (χ4n) is 3.11. The molecule has 0 N–H and O–H groups in total. The van der Waals surface area contributed by atoms with E-state index in [9.17, 15) is 9.59 Å². The topological polar surface area (TPSA) is 56.5 Å². The van der Waals surface area contributed by atoms with Gasteiger partial charge in [-0.25, -0.2) is 4.79 Å². The van der Waals surface area contributed by atoms with Crippen LogP contribution in [-0.2, 0) is 6.42 Å². The van der Waals surface area contributed by atoms with Crippen LogP contribution in [0.15, 0.2) is 57.7 Å². The van der Waals surface area contributed by atoms with Crippen LogP contribution in [0.2, 0.25) is 0 Å². The quantitative estimate of drug-likeness (QED) is 0.535. The lowest BCUT2D eigenvalue weighted by atomic mass is 9.89. The summed E-state index contributed by atoms with van der Waals surface area (Å²) in [6.45, 7) is 2.25. The molecule has 4 heteroatoms. The Morgan fingerprint density at radius 1 is 1.08 bits per heavy atom. The Kier molecular flexibility index (Phi) is 3.45. The lowest BCUT2D eigenvalue weighted by molar-refractivity contribution is 0.0854. The van der Waals surface area contributed by atoms with E-state index in [1.807, 2.05) is 49.4 Å². The molecule has 24 heavy (non-hydrogen) atoms. The van der Waals surface area contributed by atoms with Gasteiger partial charge in [-0.15, -0.1) is 0 Å². The number of ketones is 1. The monoisotopic (exact) mass is 320 g/mol. The van der Waals surface area contributed by atoms with E-state index in [0.717, 1.165) is 10.9 Å². The molecule has 1 aliphatic rings. The number of Topliss-reactive ketones (excluding diaryl/α,β-unsaturated/α-hetero) is 1. The second-order valence-electron chi connectivity index (χ2n) is 6.14. The second-order valence-corrected chi connectivity index (χ2v) is 6.14. The molecule has 4 nitrogen and oxygen atoms in total. The van der Waals surface area contributed by atoms with Crippen LogP contribution in [0.5, 0.6) is 5.75 Å². The summed E-state index contributed by atoms with van der Waals surface area (Å²) >= 11 is 0. The molecular weight excluding hydrogens is 304 g/mol. The number of para-hydroxylation sites is 1. The molecule has 0 bridgehead atoms. The van der Waals surface area contributed by atoms with Gasteiger partial charge in [-0.1, -0.05) is 42.0 Å². The maximum Gasteiger partial charge on any atom is 0.343 e. The average Bonchev–Trinajstić information content (AvgIpc) is 2.62. The standard InChI is InChI=1S/C20H16O4/c1-12-6-8-13(9-7-12)18(21)14-10-16-19(23-11-14)15-4-2-3-5-17(15)24-20(16)22/h2-9,14H,10-11H2,1H3. The highest BCUT2D eigenvalue weighted by Crippen LogP contribution is 2.33. The number of hydrogen-bond donors (Lipinski definition) is 0. The molecule has 0 fully saturated rings. The molecule has 1 aliphatic heterocycles. The number of carbonyl (C=O) groups is 1. The summed E-state index contributed by atoms with van der Waals surface area (Å²) in [6, 6.07) is 14.7. The summed E-state index contributed by atoms with van der Waals surface area (Å²) in [4.78, 5) is 25.0. The van der Waals surface area contributed by atoms with Crippen LogP contribution in [0, 0.1) is 12.8 Å². The Bertz CT molecular complexity index is 983. The summed E-state index contributed by atoms with van der Waals surface area (Å²) in [5.41, 5.74) is 2.27. The third kappa shape index (κ3) is 2.40. The Hall–Kier alpha value is -2.88. The Balaban J connectivity index is 1.71. The molecule has 4 rings (SSSR count). The zero-order valence-electron chi connectivity index (χ0n) is 13.2. The predicted octanol–water partition coefficient (Wildman–Crippen LogP) is 3.54. The highest BCUT2D eigenvalue weighted by atomic mass is 16.5. The second kappa shape index (κ2) is 5.64. The molecular formula is C20H16O4.